The zero-order chi connectivity index (χ0) is 14.3. The van der Waals surface area contributed by atoms with Crippen molar-refractivity contribution in [1.82, 2.24) is 0 Å². The summed E-state index contributed by atoms with van der Waals surface area (Å²) in [5.74, 6) is 0.627. The highest BCUT2D eigenvalue weighted by atomic mass is 35.5. The normalized spacial score (nSPS) is 10.4. The van der Waals surface area contributed by atoms with E-state index in [1.54, 1.807) is 0 Å². The monoisotopic (exact) mass is 313 g/mol. The van der Waals surface area contributed by atoms with Crippen molar-refractivity contribution in [2.75, 3.05) is 25.7 Å². The van der Waals surface area contributed by atoms with Gasteiger partial charge in [-0.15, -0.1) is 11.6 Å². The van der Waals surface area contributed by atoms with Crippen molar-refractivity contribution in [2.45, 2.75) is 33.2 Å². The fourth-order valence-corrected chi connectivity index (χ4v) is 4.25. The number of carbonyl (C=O) groups excluding carboxylic acids is 1. The van der Waals surface area contributed by atoms with Crippen molar-refractivity contribution >= 4 is 36.9 Å². The van der Waals surface area contributed by atoms with Crippen LogP contribution in [0.1, 0.15) is 27.2 Å². The molecule has 0 bridgehead atoms. The highest BCUT2D eigenvalue weighted by Gasteiger charge is 2.39. The lowest BCUT2D eigenvalue weighted by molar-refractivity contribution is 0.0712. The van der Waals surface area contributed by atoms with E-state index < -0.39 is 8.80 Å². The fraction of sp³-hybridized carbons (Fsp3) is 0.900. The summed E-state index contributed by atoms with van der Waals surface area (Å²) in [7, 11) is -1.81. The summed E-state index contributed by atoms with van der Waals surface area (Å²) >= 11 is 5.66. The second-order valence-electron chi connectivity index (χ2n) is 3.09. The molecular formula is C10H24ClNO4Si2. The molecule has 0 saturated carbocycles. The molecule has 0 fully saturated rings. The predicted octanol–water partition coefficient (Wildman–Crippen LogP) is 1.27. The number of alkyl halides is 1. The first-order valence-electron chi connectivity index (χ1n) is 6.10. The molecule has 0 N–H and O–H groups in total. The summed E-state index contributed by atoms with van der Waals surface area (Å²) in [6, 6.07) is 0.812. The largest absolute Gasteiger partial charge is 0.500 e. The Labute approximate surface area is 119 Å². The fourth-order valence-electron chi connectivity index (χ4n) is 1.28. The van der Waals surface area contributed by atoms with E-state index in [0.29, 0.717) is 36.1 Å². The Bertz CT molecular complexity index is 211. The van der Waals surface area contributed by atoms with Crippen LogP contribution in [0.15, 0.2) is 4.66 Å². The Morgan fingerprint density at radius 3 is 1.78 bits per heavy atom. The highest BCUT2D eigenvalue weighted by Crippen LogP contribution is 2.18. The van der Waals surface area contributed by atoms with Crippen LogP contribution >= 0.6 is 11.6 Å². The molecule has 0 aromatic heterocycles. The minimum atomic E-state index is -2.40. The highest BCUT2D eigenvalue weighted by molar-refractivity contribution is 6.60. The van der Waals surface area contributed by atoms with Crippen molar-refractivity contribution in [3.8, 4) is 0 Å². The van der Waals surface area contributed by atoms with Gasteiger partial charge in [-0.2, -0.15) is 0 Å². The summed E-state index contributed by atoms with van der Waals surface area (Å²) in [5, 5.41) is 0. The molecule has 0 aliphatic heterocycles. The summed E-state index contributed by atoms with van der Waals surface area (Å²) in [6.07, 6.45) is 2.25. The third-order valence-electron chi connectivity index (χ3n) is 1.80. The van der Waals surface area contributed by atoms with E-state index in [4.69, 9.17) is 29.7 Å². The van der Waals surface area contributed by atoms with Crippen LogP contribution in [-0.4, -0.2) is 51.0 Å². The van der Waals surface area contributed by atoms with Gasteiger partial charge in [0.2, 0.25) is 6.08 Å². The van der Waals surface area contributed by atoms with Crippen LogP contribution in [0.25, 0.3) is 0 Å². The minimum Gasteiger partial charge on any atom is -0.374 e. The van der Waals surface area contributed by atoms with Gasteiger partial charge in [0.25, 0.3) is 0 Å². The van der Waals surface area contributed by atoms with Crippen LogP contribution in [0.2, 0.25) is 6.04 Å². The number of halogens is 1. The average Bonchev–Trinajstić information content (AvgIpc) is 2.38. The van der Waals surface area contributed by atoms with Gasteiger partial charge in [0.15, 0.2) is 10.4 Å². The molecular weight excluding hydrogens is 290 g/mol. The maximum atomic E-state index is 8.92. The molecule has 18 heavy (non-hydrogen) atoms. The zero-order valence-corrected chi connectivity index (χ0v) is 15.5. The van der Waals surface area contributed by atoms with Crippen LogP contribution < -0.4 is 0 Å². The summed E-state index contributed by atoms with van der Waals surface area (Å²) in [4.78, 5) is 8.92. The maximum absolute atomic E-state index is 8.92. The van der Waals surface area contributed by atoms with Crippen LogP contribution in [0.3, 0.4) is 0 Å². The number of isocyanates is 1. The van der Waals surface area contributed by atoms with Gasteiger partial charge < -0.3 is 13.3 Å². The van der Waals surface area contributed by atoms with E-state index in [9.17, 15) is 0 Å². The van der Waals surface area contributed by atoms with Crippen LogP contribution in [0, 0.1) is 0 Å². The molecule has 0 atom stereocenters. The predicted molar refractivity (Wildman–Crippen MR) is 78.8 cm³/mol. The molecule has 5 nitrogen and oxygen atoms in total. The van der Waals surface area contributed by atoms with Gasteiger partial charge in [0, 0.05) is 31.7 Å². The van der Waals surface area contributed by atoms with Gasteiger partial charge in [-0.05, 0) is 27.2 Å². The van der Waals surface area contributed by atoms with Crippen LogP contribution in [-0.2, 0) is 18.1 Å². The van der Waals surface area contributed by atoms with Gasteiger partial charge in [-0.3, -0.25) is 4.66 Å². The van der Waals surface area contributed by atoms with Crippen molar-refractivity contribution in [3.63, 3.8) is 0 Å². The lowest BCUT2D eigenvalue weighted by Crippen LogP contribution is -2.46. The third kappa shape index (κ3) is 11.1. The van der Waals surface area contributed by atoms with E-state index in [-0.39, 0.29) is 0 Å². The van der Waals surface area contributed by atoms with Gasteiger partial charge in [0.05, 0.1) is 0 Å². The summed E-state index contributed by atoms with van der Waals surface area (Å²) < 4.78 is 20.0. The number of nitrogens with zero attached hydrogens (tertiary/aromatic N) is 1. The van der Waals surface area contributed by atoms with E-state index >= 15 is 0 Å². The van der Waals surface area contributed by atoms with Crippen molar-refractivity contribution in [3.05, 3.63) is 0 Å². The SMILES string of the molecule is CCO[Si](CCCCl)(OCC)OCC.O=C=N[SiH3]. The number of hydrogen-bond acceptors (Lipinski definition) is 5. The molecule has 0 aromatic carbocycles. The molecule has 0 amide bonds. The molecule has 0 rings (SSSR count). The standard InChI is InChI=1S/C9H21ClO3Si.CH3NOSi/c1-4-11-14(12-5-2,13-6-3)9-7-8-10;3-1-2-4/h4-9H2,1-3H3;4H3. The molecule has 8 heteroatoms. The lowest BCUT2D eigenvalue weighted by atomic mass is 10.6. The zero-order valence-electron chi connectivity index (χ0n) is 11.7. The molecule has 0 spiro atoms. The first-order chi connectivity index (χ1) is 8.66. The van der Waals surface area contributed by atoms with Crippen molar-refractivity contribution in [1.29, 1.82) is 0 Å². The van der Waals surface area contributed by atoms with Gasteiger partial charge in [0.1, 0.15) is 0 Å². The first kappa shape index (κ1) is 20.3. The Kier molecular flexibility index (Phi) is 17.0. The van der Waals surface area contributed by atoms with E-state index in [1.165, 1.54) is 6.08 Å². The van der Waals surface area contributed by atoms with Crippen LogP contribution in [0.5, 0.6) is 0 Å². The van der Waals surface area contributed by atoms with E-state index in [1.807, 2.05) is 20.8 Å². The van der Waals surface area contributed by atoms with E-state index in [0.717, 1.165) is 12.5 Å². The first-order valence-corrected chi connectivity index (χ1v) is 9.46. The third-order valence-corrected chi connectivity index (χ3v) is 5.40. The second-order valence-corrected chi connectivity index (χ2v) is 6.65. The summed E-state index contributed by atoms with van der Waals surface area (Å²) in [5.41, 5.74) is 0. The summed E-state index contributed by atoms with van der Waals surface area (Å²) in [6.45, 7) is 7.78. The lowest BCUT2D eigenvalue weighted by Gasteiger charge is -2.28. The Morgan fingerprint density at radius 1 is 1.17 bits per heavy atom. The molecule has 108 valence electrons. The molecule has 0 aliphatic carbocycles. The molecule has 0 aromatic rings. The number of rotatable bonds is 9. The van der Waals surface area contributed by atoms with Gasteiger partial charge >= 0.3 is 8.80 Å². The second kappa shape index (κ2) is 15.0. The Balaban J connectivity index is 0. The Hall–Kier alpha value is -0.0162. The van der Waals surface area contributed by atoms with Crippen molar-refractivity contribution in [2.24, 2.45) is 4.66 Å². The van der Waals surface area contributed by atoms with Gasteiger partial charge in [-0.25, -0.2) is 4.79 Å². The average molecular weight is 314 g/mol. The minimum absolute atomic E-state index is 0.591. The number of hydrogen-bond donors (Lipinski definition) is 0. The molecule has 0 saturated heterocycles. The topological polar surface area (TPSA) is 57.1 Å². The van der Waals surface area contributed by atoms with E-state index in [2.05, 4.69) is 4.66 Å². The molecule has 0 unspecified atom stereocenters. The van der Waals surface area contributed by atoms with Crippen LogP contribution in [0.4, 0.5) is 0 Å². The molecule has 0 heterocycles. The van der Waals surface area contributed by atoms with Gasteiger partial charge in [-0.1, -0.05) is 0 Å². The smallest absolute Gasteiger partial charge is 0.374 e. The quantitative estimate of drug-likeness (QED) is 0.278. The molecule has 0 radical (unpaired) electrons. The molecule has 0 aliphatic rings. The van der Waals surface area contributed by atoms with Crippen molar-refractivity contribution < 1.29 is 18.1 Å². The Morgan fingerprint density at radius 2 is 1.56 bits per heavy atom. The maximum Gasteiger partial charge on any atom is 0.500 e.